The third-order valence-corrected chi connectivity index (χ3v) is 3.88. The molecule has 0 amide bonds. The summed E-state index contributed by atoms with van der Waals surface area (Å²) in [7, 11) is 0. The summed E-state index contributed by atoms with van der Waals surface area (Å²) in [5, 5.41) is 9.93. The molecule has 0 unspecified atom stereocenters. The van der Waals surface area contributed by atoms with Gasteiger partial charge in [-0.15, -0.1) is 0 Å². The van der Waals surface area contributed by atoms with Gasteiger partial charge in [0.15, 0.2) is 0 Å². The third kappa shape index (κ3) is 2.41. The molecule has 1 saturated heterocycles. The van der Waals surface area contributed by atoms with Gasteiger partial charge < -0.3 is 15.0 Å². The second-order valence-corrected chi connectivity index (χ2v) is 5.75. The second-order valence-electron chi connectivity index (χ2n) is 5.75. The largest absolute Gasteiger partial charge is 0.390 e. The molecule has 1 saturated carbocycles. The Morgan fingerprint density at radius 3 is 2.72 bits per heavy atom. The van der Waals surface area contributed by atoms with Crippen LogP contribution in [0.15, 0.2) is 10.9 Å². The minimum Gasteiger partial charge on any atom is -0.390 e. The molecule has 0 atom stereocenters. The lowest BCUT2D eigenvalue weighted by Crippen LogP contribution is -2.43. The molecule has 0 aromatic carbocycles. The van der Waals surface area contributed by atoms with Crippen LogP contribution in [0.25, 0.3) is 0 Å². The van der Waals surface area contributed by atoms with Crippen molar-refractivity contribution >= 4 is 5.82 Å². The summed E-state index contributed by atoms with van der Waals surface area (Å²) in [6.07, 6.45) is 3.70. The van der Waals surface area contributed by atoms with Gasteiger partial charge in [-0.2, -0.15) is 0 Å². The first kappa shape index (κ1) is 11.7. The average molecular weight is 249 g/mol. The molecule has 5 nitrogen and oxygen atoms in total. The molecule has 2 fully saturated rings. The Hall–Kier alpha value is -1.36. The lowest BCUT2D eigenvalue weighted by Gasteiger charge is -2.36. The summed E-state index contributed by atoms with van der Waals surface area (Å²) >= 11 is 0. The van der Waals surface area contributed by atoms with Crippen molar-refractivity contribution < 1.29 is 5.11 Å². The normalized spacial score (nSPS) is 23.1. The van der Waals surface area contributed by atoms with Gasteiger partial charge in [0.1, 0.15) is 11.6 Å². The van der Waals surface area contributed by atoms with Crippen LogP contribution in [-0.2, 0) is 0 Å². The summed E-state index contributed by atoms with van der Waals surface area (Å²) in [5.41, 5.74) is -0.643. The van der Waals surface area contributed by atoms with Crippen molar-refractivity contribution in [3.63, 3.8) is 0 Å². The molecule has 2 aliphatic rings. The monoisotopic (exact) mass is 249 g/mol. The number of aromatic amines is 1. The van der Waals surface area contributed by atoms with E-state index in [0.717, 1.165) is 50.4 Å². The van der Waals surface area contributed by atoms with E-state index in [4.69, 9.17) is 0 Å². The number of anilines is 1. The zero-order valence-electron chi connectivity index (χ0n) is 10.6. The molecule has 18 heavy (non-hydrogen) atoms. The summed E-state index contributed by atoms with van der Waals surface area (Å²) < 4.78 is 0. The number of hydrogen-bond donors (Lipinski definition) is 2. The van der Waals surface area contributed by atoms with Crippen molar-refractivity contribution in [2.75, 3.05) is 18.0 Å². The van der Waals surface area contributed by atoms with Gasteiger partial charge in [-0.1, -0.05) is 0 Å². The van der Waals surface area contributed by atoms with Crippen molar-refractivity contribution in [2.45, 2.75) is 44.1 Å². The molecule has 5 heteroatoms. The number of aliphatic hydroxyl groups is 1. The Morgan fingerprint density at radius 1 is 1.44 bits per heavy atom. The highest BCUT2D eigenvalue weighted by Crippen LogP contribution is 2.38. The van der Waals surface area contributed by atoms with Gasteiger partial charge in [-0.05, 0) is 32.6 Å². The number of rotatable bonds is 2. The molecule has 1 aromatic rings. The zero-order valence-corrected chi connectivity index (χ0v) is 10.6. The first-order valence-electron chi connectivity index (χ1n) is 6.62. The predicted molar refractivity (Wildman–Crippen MR) is 68.9 cm³/mol. The minimum atomic E-state index is -0.572. The maximum atomic E-state index is 11.6. The highest BCUT2D eigenvalue weighted by atomic mass is 16.3. The fourth-order valence-corrected chi connectivity index (χ4v) is 2.39. The van der Waals surface area contributed by atoms with Gasteiger partial charge in [0.05, 0.1) is 5.60 Å². The lowest BCUT2D eigenvalue weighted by atomic mass is 9.94. The summed E-state index contributed by atoms with van der Waals surface area (Å²) in [4.78, 5) is 21.1. The maximum absolute atomic E-state index is 11.6. The van der Waals surface area contributed by atoms with Gasteiger partial charge in [0, 0.05) is 25.1 Å². The van der Waals surface area contributed by atoms with E-state index >= 15 is 0 Å². The van der Waals surface area contributed by atoms with Crippen molar-refractivity contribution in [1.29, 1.82) is 0 Å². The van der Waals surface area contributed by atoms with Gasteiger partial charge in [0.2, 0.25) is 0 Å². The Morgan fingerprint density at radius 2 is 2.11 bits per heavy atom. The minimum absolute atomic E-state index is 0.0702. The fraction of sp³-hybridized carbons (Fsp3) is 0.692. The summed E-state index contributed by atoms with van der Waals surface area (Å²) in [6, 6.07) is 1.56. The van der Waals surface area contributed by atoms with Gasteiger partial charge in [-0.3, -0.25) is 4.79 Å². The van der Waals surface area contributed by atoms with E-state index in [-0.39, 0.29) is 5.56 Å². The van der Waals surface area contributed by atoms with Crippen molar-refractivity contribution in [2.24, 2.45) is 0 Å². The molecular weight excluding hydrogens is 230 g/mol. The van der Waals surface area contributed by atoms with Crippen LogP contribution in [-0.4, -0.2) is 33.8 Å². The summed E-state index contributed by atoms with van der Waals surface area (Å²) in [5.74, 6) is 2.04. The van der Waals surface area contributed by atoms with Crippen LogP contribution in [0, 0.1) is 0 Å². The molecule has 1 aliphatic carbocycles. The quantitative estimate of drug-likeness (QED) is 0.820. The van der Waals surface area contributed by atoms with Crippen LogP contribution in [0.3, 0.4) is 0 Å². The topological polar surface area (TPSA) is 69.2 Å². The first-order valence-corrected chi connectivity index (χ1v) is 6.62. The van der Waals surface area contributed by atoms with Crippen LogP contribution >= 0.6 is 0 Å². The SMILES string of the molecule is CC1(O)CCN(c2cc(=O)[nH]c(C3CC3)n2)CC1. The molecule has 2 heterocycles. The molecule has 98 valence electrons. The van der Waals surface area contributed by atoms with Crippen molar-refractivity contribution in [3.8, 4) is 0 Å². The van der Waals surface area contributed by atoms with E-state index in [9.17, 15) is 9.90 Å². The average Bonchev–Trinajstić information content (AvgIpc) is 3.11. The summed E-state index contributed by atoms with van der Waals surface area (Å²) in [6.45, 7) is 3.38. The zero-order chi connectivity index (χ0) is 12.8. The number of aromatic nitrogens is 2. The Balaban J connectivity index is 1.82. The van der Waals surface area contributed by atoms with E-state index < -0.39 is 5.60 Å². The third-order valence-electron chi connectivity index (χ3n) is 3.88. The van der Waals surface area contributed by atoms with E-state index in [0.29, 0.717) is 5.92 Å². The second kappa shape index (κ2) is 4.09. The van der Waals surface area contributed by atoms with Crippen molar-refractivity contribution in [3.05, 3.63) is 22.2 Å². The highest BCUT2D eigenvalue weighted by Gasteiger charge is 2.30. The Kier molecular flexibility index (Phi) is 2.66. The fourth-order valence-electron chi connectivity index (χ4n) is 2.39. The van der Waals surface area contributed by atoms with E-state index in [1.54, 1.807) is 6.07 Å². The van der Waals surface area contributed by atoms with Crippen molar-refractivity contribution in [1.82, 2.24) is 9.97 Å². The molecule has 1 aliphatic heterocycles. The van der Waals surface area contributed by atoms with Gasteiger partial charge in [0.25, 0.3) is 5.56 Å². The molecule has 0 radical (unpaired) electrons. The van der Waals surface area contributed by atoms with Crippen LogP contribution in [0.2, 0.25) is 0 Å². The molecular formula is C13H19N3O2. The molecule has 3 rings (SSSR count). The van der Waals surface area contributed by atoms with Crippen LogP contribution in [0.5, 0.6) is 0 Å². The number of nitrogens with zero attached hydrogens (tertiary/aromatic N) is 2. The van der Waals surface area contributed by atoms with E-state index in [1.807, 2.05) is 6.92 Å². The standard InChI is InChI=1S/C13H19N3O2/c1-13(18)4-6-16(7-5-13)10-8-11(17)15-12(14-10)9-2-3-9/h8-9,18H,2-7H2,1H3,(H,14,15,17). The maximum Gasteiger partial charge on any atom is 0.252 e. The van der Waals surface area contributed by atoms with Crippen LogP contribution in [0.4, 0.5) is 5.82 Å². The van der Waals surface area contributed by atoms with E-state index in [2.05, 4.69) is 14.9 Å². The predicted octanol–water partition coefficient (Wildman–Crippen LogP) is 0.998. The molecule has 0 spiro atoms. The molecule has 1 aromatic heterocycles. The van der Waals surface area contributed by atoms with E-state index in [1.165, 1.54) is 0 Å². The van der Waals surface area contributed by atoms with Crippen LogP contribution < -0.4 is 10.5 Å². The molecule has 0 bridgehead atoms. The number of hydrogen-bond acceptors (Lipinski definition) is 4. The first-order chi connectivity index (χ1) is 8.53. The number of nitrogens with one attached hydrogen (secondary N) is 1. The lowest BCUT2D eigenvalue weighted by molar-refractivity contribution is 0.0350. The smallest absolute Gasteiger partial charge is 0.252 e. The number of piperidine rings is 1. The number of H-pyrrole nitrogens is 1. The highest BCUT2D eigenvalue weighted by molar-refractivity contribution is 5.39. The Labute approximate surface area is 106 Å². The van der Waals surface area contributed by atoms with Gasteiger partial charge in [-0.25, -0.2) is 4.98 Å². The van der Waals surface area contributed by atoms with Gasteiger partial charge >= 0.3 is 0 Å². The molecule has 2 N–H and O–H groups in total. The van der Waals surface area contributed by atoms with Crippen LogP contribution in [0.1, 0.15) is 44.3 Å². The Bertz CT molecular complexity index is 495.